The van der Waals surface area contributed by atoms with Crippen LogP contribution in [-0.4, -0.2) is 33.9 Å². The fraction of sp³-hybridized carbons (Fsp3) is 0.429. The molecular weight excluding hydrogens is 318 g/mol. The minimum Gasteiger partial charge on any atom is -0.367 e. The van der Waals surface area contributed by atoms with Crippen LogP contribution in [0.5, 0.6) is 0 Å². The second-order valence-corrected chi connectivity index (χ2v) is 6.08. The second-order valence-electron chi connectivity index (χ2n) is 5.16. The molecule has 0 radical (unpaired) electrons. The van der Waals surface area contributed by atoms with Gasteiger partial charge >= 0.3 is 0 Å². The third-order valence-corrected chi connectivity index (χ3v) is 4.03. The highest BCUT2D eigenvalue weighted by molar-refractivity contribution is 9.10. The lowest BCUT2D eigenvalue weighted by Gasteiger charge is -2.34. The summed E-state index contributed by atoms with van der Waals surface area (Å²) in [5, 5.41) is 7.76. The Morgan fingerprint density at radius 3 is 2.95 bits per heavy atom. The van der Waals surface area contributed by atoms with Crippen molar-refractivity contribution in [2.45, 2.75) is 18.9 Å². The summed E-state index contributed by atoms with van der Waals surface area (Å²) in [6, 6.07) is 4.45. The minimum absolute atomic E-state index is 0.428. The Labute approximate surface area is 127 Å². The molecule has 0 saturated carbocycles. The van der Waals surface area contributed by atoms with Gasteiger partial charge in [0.15, 0.2) is 0 Å². The first kappa shape index (κ1) is 13.4. The summed E-state index contributed by atoms with van der Waals surface area (Å²) >= 11 is 3.41. The number of aryl methyl sites for hydroxylation is 1. The molecule has 0 aliphatic carbocycles. The van der Waals surface area contributed by atoms with Gasteiger partial charge in [-0.1, -0.05) is 0 Å². The van der Waals surface area contributed by atoms with E-state index in [1.54, 1.807) is 0 Å². The highest BCUT2D eigenvalue weighted by Gasteiger charge is 2.21. The molecule has 20 heavy (non-hydrogen) atoms. The van der Waals surface area contributed by atoms with Gasteiger partial charge in [-0.25, -0.2) is 4.98 Å². The topological polar surface area (TPSA) is 46.0 Å². The summed E-state index contributed by atoms with van der Waals surface area (Å²) < 4.78 is 2.85. The predicted octanol–water partition coefficient (Wildman–Crippen LogP) is 2.66. The molecule has 1 unspecified atom stereocenters. The summed E-state index contributed by atoms with van der Waals surface area (Å²) in [6.07, 6.45) is 8.18. The van der Waals surface area contributed by atoms with Crippen molar-refractivity contribution in [3.8, 4) is 0 Å². The van der Waals surface area contributed by atoms with Crippen LogP contribution in [0.3, 0.4) is 0 Å². The van der Waals surface area contributed by atoms with Crippen molar-refractivity contribution < 1.29 is 0 Å². The minimum atomic E-state index is 0.428. The quantitative estimate of drug-likeness (QED) is 0.936. The monoisotopic (exact) mass is 335 g/mol. The highest BCUT2D eigenvalue weighted by atomic mass is 79.9. The van der Waals surface area contributed by atoms with E-state index in [-0.39, 0.29) is 0 Å². The van der Waals surface area contributed by atoms with Crippen LogP contribution in [0.15, 0.2) is 35.2 Å². The predicted molar refractivity (Wildman–Crippen MR) is 84.0 cm³/mol. The molecule has 3 heterocycles. The van der Waals surface area contributed by atoms with Gasteiger partial charge < -0.3 is 10.2 Å². The Morgan fingerprint density at radius 2 is 2.25 bits per heavy atom. The largest absolute Gasteiger partial charge is 0.367 e. The Bertz CT molecular complexity index is 565. The zero-order valence-electron chi connectivity index (χ0n) is 11.5. The molecule has 1 aliphatic rings. The highest BCUT2D eigenvalue weighted by Crippen LogP contribution is 2.21. The Hall–Kier alpha value is -1.56. The first-order valence-corrected chi connectivity index (χ1v) is 7.62. The van der Waals surface area contributed by atoms with E-state index in [9.17, 15) is 0 Å². The molecule has 6 heteroatoms. The maximum Gasteiger partial charge on any atom is 0.126 e. The lowest BCUT2D eigenvalue weighted by molar-refractivity contribution is 0.529. The fourth-order valence-corrected chi connectivity index (χ4v) is 2.81. The van der Waals surface area contributed by atoms with E-state index in [0.717, 1.165) is 23.4 Å². The fourth-order valence-electron chi connectivity index (χ4n) is 2.57. The van der Waals surface area contributed by atoms with Gasteiger partial charge in [0.25, 0.3) is 0 Å². The Morgan fingerprint density at radius 1 is 1.35 bits per heavy atom. The number of piperidine rings is 1. The first-order valence-electron chi connectivity index (χ1n) is 6.82. The van der Waals surface area contributed by atoms with Gasteiger partial charge in [-0.2, -0.15) is 5.10 Å². The van der Waals surface area contributed by atoms with Crippen molar-refractivity contribution >= 4 is 27.4 Å². The zero-order valence-corrected chi connectivity index (χ0v) is 13.0. The average Bonchev–Trinajstić information content (AvgIpc) is 2.89. The number of hydrogen-bond donors (Lipinski definition) is 1. The molecule has 0 aromatic carbocycles. The molecule has 0 amide bonds. The number of pyridine rings is 1. The summed E-state index contributed by atoms with van der Waals surface area (Å²) in [5.74, 6) is 0.936. The number of rotatable bonds is 3. The van der Waals surface area contributed by atoms with Crippen molar-refractivity contribution in [1.82, 2.24) is 14.8 Å². The molecule has 2 aromatic rings. The van der Waals surface area contributed by atoms with Crippen LogP contribution >= 0.6 is 15.9 Å². The maximum atomic E-state index is 4.38. The van der Waals surface area contributed by atoms with Crippen LogP contribution in [0.25, 0.3) is 0 Å². The summed E-state index contributed by atoms with van der Waals surface area (Å²) in [6.45, 7) is 2.08. The van der Waals surface area contributed by atoms with Crippen LogP contribution < -0.4 is 10.2 Å². The number of nitrogens with one attached hydrogen (secondary N) is 1. The van der Waals surface area contributed by atoms with E-state index < -0.39 is 0 Å². The van der Waals surface area contributed by atoms with Gasteiger partial charge in [0.1, 0.15) is 5.82 Å². The van der Waals surface area contributed by atoms with Crippen molar-refractivity contribution in [3.05, 3.63) is 35.2 Å². The molecule has 1 aliphatic heterocycles. The van der Waals surface area contributed by atoms with Crippen LogP contribution in [0.4, 0.5) is 11.5 Å². The molecule has 0 bridgehead atoms. The van der Waals surface area contributed by atoms with E-state index in [2.05, 4.69) is 42.4 Å². The van der Waals surface area contributed by atoms with Crippen LogP contribution in [0.1, 0.15) is 12.8 Å². The van der Waals surface area contributed by atoms with Gasteiger partial charge in [0, 0.05) is 43.0 Å². The standard InChI is InChI=1S/C14H18BrN5/c1-19-10-13(8-17-19)20-6-2-3-12(9-20)18-14-5-4-11(15)7-16-14/h4-5,7-8,10,12H,2-3,6,9H2,1H3,(H,16,18). The van der Waals surface area contributed by atoms with Crippen molar-refractivity contribution in [2.24, 2.45) is 7.05 Å². The summed E-state index contributed by atoms with van der Waals surface area (Å²) in [5.41, 5.74) is 1.20. The maximum absolute atomic E-state index is 4.38. The third-order valence-electron chi connectivity index (χ3n) is 3.56. The molecular formula is C14H18BrN5. The van der Waals surface area contributed by atoms with Gasteiger partial charge in [-0.05, 0) is 40.9 Å². The van der Waals surface area contributed by atoms with Crippen molar-refractivity contribution in [1.29, 1.82) is 0 Å². The molecule has 0 spiro atoms. The summed E-state index contributed by atoms with van der Waals surface area (Å²) in [7, 11) is 1.95. The normalized spacial score (nSPS) is 19.1. The van der Waals surface area contributed by atoms with Crippen LogP contribution in [0.2, 0.25) is 0 Å². The van der Waals surface area contributed by atoms with Gasteiger partial charge in [0.2, 0.25) is 0 Å². The Balaban J connectivity index is 1.64. The van der Waals surface area contributed by atoms with Gasteiger partial charge in [0.05, 0.1) is 11.9 Å². The number of hydrogen-bond acceptors (Lipinski definition) is 4. The molecule has 1 fully saturated rings. The van der Waals surface area contributed by atoms with Crippen molar-refractivity contribution in [3.63, 3.8) is 0 Å². The summed E-state index contributed by atoms with van der Waals surface area (Å²) in [4.78, 5) is 6.76. The SMILES string of the molecule is Cn1cc(N2CCCC(Nc3ccc(Br)cn3)C2)cn1. The van der Waals surface area contributed by atoms with Gasteiger partial charge in [-0.3, -0.25) is 4.68 Å². The van der Waals surface area contributed by atoms with Crippen molar-refractivity contribution in [2.75, 3.05) is 23.3 Å². The molecule has 1 saturated heterocycles. The molecule has 1 atom stereocenters. The second kappa shape index (κ2) is 5.83. The lowest BCUT2D eigenvalue weighted by atomic mass is 10.1. The van der Waals surface area contributed by atoms with Crippen LogP contribution in [-0.2, 0) is 7.05 Å². The number of nitrogens with zero attached hydrogens (tertiary/aromatic N) is 4. The molecule has 3 rings (SSSR count). The molecule has 2 aromatic heterocycles. The van der Waals surface area contributed by atoms with Crippen LogP contribution in [0, 0.1) is 0 Å². The smallest absolute Gasteiger partial charge is 0.126 e. The van der Waals surface area contributed by atoms with E-state index in [0.29, 0.717) is 6.04 Å². The third kappa shape index (κ3) is 3.12. The molecule has 1 N–H and O–H groups in total. The first-order chi connectivity index (χ1) is 9.70. The van der Waals surface area contributed by atoms with Gasteiger partial charge in [-0.15, -0.1) is 0 Å². The van der Waals surface area contributed by atoms with E-state index in [1.807, 2.05) is 36.3 Å². The van der Waals surface area contributed by atoms with E-state index in [1.165, 1.54) is 18.5 Å². The number of aromatic nitrogens is 3. The zero-order chi connectivity index (χ0) is 13.9. The Kier molecular flexibility index (Phi) is 3.91. The van der Waals surface area contributed by atoms with E-state index in [4.69, 9.17) is 0 Å². The molecule has 106 valence electrons. The molecule has 5 nitrogen and oxygen atoms in total. The number of halogens is 1. The average molecular weight is 336 g/mol. The van der Waals surface area contributed by atoms with E-state index >= 15 is 0 Å². The number of anilines is 2. The lowest BCUT2D eigenvalue weighted by Crippen LogP contribution is -2.42.